The molecule has 1 saturated heterocycles. The van der Waals surface area contributed by atoms with Gasteiger partial charge >= 0.3 is 0 Å². The maximum atomic E-state index is 13.0. The lowest BCUT2D eigenvalue weighted by Gasteiger charge is -2.48. The molecule has 1 aliphatic carbocycles. The smallest absolute Gasteiger partial charge is 0.251 e. The average Bonchev–Trinajstić information content (AvgIpc) is 2.87. The van der Waals surface area contributed by atoms with E-state index in [-0.39, 0.29) is 11.4 Å². The number of nitrogens with zero attached hydrogens (tertiary/aromatic N) is 1. The minimum atomic E-state index is -0.0730. The first-order valence-corrected chi connectivity index (χ1v) is 11.7. The number of morpholine rings is 1. The Labute approximate surface area is 190 Å². The molecular weight excluding hydrogens is 404 g/mol. The molecule has 2 aromatic carbocycles. The summed E-state index contributed by atoms with van der Waals surface area (Å²) >= 11 is 0. The van der Waals surface area contributed by atoms with Gasteiger partial charge in [-0.15, -0.1) is 0 Å². The Morgan fingerprint density at radius 1 is 1.03 bits per heavy atom. The van der Waals surface area contributed by atoms with Crippen LogP contribution in [0.5, 0.6) is 11.5 Å². The van der Waals surface area contributed by atoms with E-state index in [4.69, 9.17) is 14.2 Å². The van der Waals surface area contributed by atoms with Crippen LogP contribution in [0.3, 0.4) is 0 Å². The summed E-state index contributed by atoms with van der Waals surface area (Å²) < 4.78 is 17.0. The Kier molecular flexibility index (Phi) is 7.66. The molecule has 0 unspecified atom stereocenters. The summed E-state index contributed by atoms with van der Waals surface area (Å²) in [6, 6.07) is 15.4. The van der Waals surface area contributed by atoms with Crippen molar-refractivity contribution in [1.82, 2.24) is 10.2 Å². The highest BCUT2D eigenvalue weighted by Gasteiger charge is 2.38. The fourth-order valence-corrected chi connectivity index (χ4v) is 4.86. The Balaban J connectivity index is 1.40. The molecule has 6 nitrogen and oxygen atoms in total. The van der Waals surface area contributed by atoms with Crippen LogP contribution in [0.1, 0.15) is 48.0 Å². The molecule has 2 fully saturated rings. The Bertz CT molecular complexity index is 875. The molecule has 1 saturated carbocycles. The van der Waals surface area contributed by atoms with E-state index >= 15 is 0 Å². The minimum absolute atomic E-state index is 0.0422. The Morgan fingerprint density at radius 2 is 1.78 bits per heavy atom. The first kappa shape index (κ1) is 22.6. The lowest BCUT2D eigenvalue weighted by molar-refractivity contribution is -0.0361. The molecule has 0 bridgehead atoms. The van der Waals surface area contributed by atoms with Gasteiger partial charge in [0.2, 0.25) is 0 Å². The summed E-state index contributed by atoms with van der Waals surface area (Å²) in [5.41, 5.74) is 1.71. The zero-order valence-corrected chi connectivity index (χ0v) is 19.0. The van der Waals surface area contributed by atoms with E-state index in [0.717, 1.165) is 44.7 Å². The van der Waals surface area contributed by atoms with Crippen LogP contribution in [-0.2, 0) is 11.3 Å². The van der Waals surface area contributed by atoms with Crippen molar-refractivity contribution in [2.75, 3.05) is 40.0 Å². The molecule has 0 atom stereocenters. The molecule has 0 aromatic heterocycles. The molecule has 2 aliphatic rings. The number of hydrogen-bond donors (Lipinski definition) is 1. The normalized spacial score (nSPS) is 18.7. The maximum Gasteiger partial charge on any atom is 0.251 e. The summed E-state index contributed by atoms with van der Waals surface area (Å²) in [5, 5.41) is 3.22. The third-order valence-corrected chi connectivity index (χ3v) is 6.71. The van der Waals surface area contributed by atoms with E-state index in [1.54, 1.807) is 19.2 Å². The predicted octanol–water partition coefficient (Wildman–Crippen LogP) is 4.04. The Hall–Kier alpha value is -2.57. The molecule has 6 heteroatoms. The van der Waals surface area contributed by atoms with E-state index in [1.165, 1.54) is 19.3 Å². The number of rotatable bonds is 8. The monoisotopic (exact) mass is 438 g/mol. The second-order valence-corrected chi connectivity index (χ2v) is 8.71. The molecule has 1 heterocycles. The van der Waals surface area contributed by atoms with E-state index in [2.05, 4.69) is 10.2 Å². The van der Waals surface area contributed by atoms with Gasteiger partial charge in [-0.3, -0.25) is 9.69 Å². The molecule has 32 heavy (non-hydrogen) atoms. The molecule has 1 N–H and O–H groups in total. The lowest BCUT2D eigenvalue weighted by atomic mass is 9.79. The van der Waals surface area contributed by atoms with Gasteiger partial charge in [0.05, 0.1) is 20.3 Å². The highest BCUT2D eigenvalue weighted by atomic mass is 16.5. The number of carbonyl (C=O) groups is 1. The third kappa shape index (κ3) is 5.43. The largest absolute Gasteiger partial charge is 0.493 e. The van der Waals surface area contributed by atoms with Gasteiger partial charge in [0.15, 0.2) is 11.5 Å². The SMILES string of the molecule is COc1cc(C(=O)NCC2(N3CCOCC3)CCCCC2)ccc1OCc1ccccc1. The molecule has 1 aliphatic heterocycles. The van der Waals surface area contributed by atoms with E-state index in [9.17, 15) is 4.79 Å². The fraction of sp³-hybridized carbons (Fsp3) is 0.500. The van der Waals surface area contributed by atoms with Gasteiger partial charge in [0.1, 0.15) is 6.61 Å². The van der Waals surface area contributed by atoms with Crippen molar-refractivity contribution < 1.29 is 19.0 Å². The Morgan fingerprint density at radius 3 is 2.50 bits per heavy atom. The van der Waals surface area contributed by atoms with Crippen LogP contribution in [0.4, 0.5) is 0 Å². The predicted molar refractivity (Wildman–Crippen MR) is 124 cm³/mol. The first-order chi connectivity index (χ1) is 15.7. The number of hydrogen-bond acceptors (Lipinski definition) is 5. The van der Waals surface area contributed by atoms with E-state index in [1.807, 2.05) is 36.4 Å². The van der Waals surface area contributed by atoms with Crippen molar-refractivity contribution in [3.05, 3.63) is 59.7 Å². The van der Waals surface area contributed by atoms with Gasteiger partial charge < -0.3 is 19.5 Å². The topological polar surface area (TPSA) is 60.0 Å². The summed E-state index contributed by atoms with van der Waals surface area (Å²) in [4.78, 5) is 15.6. The quantitative estimate of drug-likeness (QED) is 0.674. The number of nitrogens with one attached hydrogen (secondary N) is 1. The highest BCUT2D eigenvalue weighted by Crippen LogP contribution is 2.34. The second-order valence-electron chi connectivity index (χ2n) is 8.71. The fourth-order valence-electron chi connectivity index (χ4n) is 4.86. The van der Waals surface area contributed by atoms with Crippen molar-refractivity contribution in [2.45, 2.75) is 44.2 Å². The van der Waals surface area contributed by atoms with Crippen LogP contribution in [0.2, 0.25) is 0 Å². The first-order valence-electron chi connectivity index (χ1n) is 11.7. The van der Waals surface area contributed by atoms with Gasteiger partial charge in [0.25, 0.3) is 5.91 Å². The molecule has 172 valence electrons. The number of ether oxygens (including phenoxy) is 3. The zero-order valence-electron chi connectivity index (χ0n) is 19.0. The number of methoxy groups -OCH3 is 1. The summed E-state index contributed by atoms with van der Waals surface area (Å²) in [6.45, 7) is 4.55. The van der Waals surface area contributed by atoms with Gasteiger partial charge in [-0.25, -0.2) is 0 Å². The van der Waals surface area contributed by atoms with Gasteiger partial charge in [-0.05, 0) is 36.6 Å². The lowest BCUT2D eigenvalue weighted by Crippen LogP contribution is -2.59. The summed E-state index contributed by atoms with van der Waals surface area (Å²) in [6.07, 6.45) is 5.97. The van der Waals surface area contributed by atoms with Gasteiger partial charge in [-0.2, -0.15) is 0 Å². The number of amides is 1. The highest BCUT2D eigenvalue weighted by molar-refractivity contribution is 5.95. The third-order valence-electron chi connectivity index (χ3n) is 6.71. The standard InChI is InChI=1S/C26H34N2O4/c1-30-24-18-22(10-11-23(24)32-19-21-8-4-2-5-9-21)25(29)27-20-26(12-6-3-7-13-26)28-14-16-31-17-15-28/h2,4-5,8-11,18H,3,6-7,12-17,19-20H2,1H3,(H,27,29). The molecule has 0 spiro atoms. The van der Waals surface area contributed by atoms with Crippen LogP contribution in [0, 0.1) is 0 Å². The summed E-state index contributed by atoms with van der Waals surface area (Å²) in [7, 11) is 1.60. The minimum Gasteiger partial charge on any atom is -0.493 e. The van der Waals surface area contributed by atoms with Crippen molar-refractivity contribution in [3.63, 3.8) is 0 Å². The van der Waals surface area contributed by atoms with E-state index < -0.39 is 0 Å². The zero-order chi connectivity index (χ0) is 22.2. The second kappa shape index (κ2) is 10.8. The van der Waals surface area contributed by atoms with Crippen LogP contribution in [0.15, 0.2) is 48.5 Å². The van der Waals surface area contributed by atoms with Crippen molar-refractivity contribution in [3.8, 4) is 11.5 Å². The van der Waals surface area contributed by atoms with Gasteiger partial charge in [-0.1, -0.05) is 49.6 Å². The van der Waals surface area contributed by atoms with Crippen molar-refractivity contribution in [1.29, 1.82) is 0 Å². The van der Waals surface area contributed by atoms with Crippen molar-refractivity contribution >= 4 is 5.91 Å². The molecule has 4 rings (SSSR count). The number of carbonyl (C=O) groups excluding carboxylic acids is 1. The van der Waals surface area contributed by atoms with Crippen LogP contribution >= 0.6 is 0 Å². The number of benzene rings is 2. The molecule has 2 aromatic rings. The van der Waals surface area contributed by atoms with Crippen LogP contribution < -0.4 is 14.8 Å². The van der Waals surface area contributed by atoms with Gasteiger partial charge in [0, 0.05) is 30.7 Å². The van der Waals surface area contributed by atoms with Crippen LogP contribution in [0.25, 0.3) is 0 Å². The average molecular weight is 439 g/mol. The van der Waals surface area contributed by atoms with E-state index in [0.29, 0.717) is 30.2 Å². The van der Waals surface area contributed by atoms with Crippen molar-refractivity contribution in [2.24, 2.45) is 0 Å². The molecule has 1 amide bonds. The molecule has 0 radical (unpaired) electrons. The van der Waals surface area contributed by atoms with Crippen LogP contribution in [-0.4, -0.2) is 56.3 Å². The molecular formula is C26H34N2O4. The maximum absolute atomic E-state index is 13.0. The summed E-state index contributed by atoms with van der Waals surface area (Å²) in [5.74, 6) is 1.12.